The van der Waals surface area contributed by atoms with Crippen LogP contribution in [0.5, 0.6) is 0 Å². The van der Waals surface area contributed by atoms with Crippen LogP contribution in [-0.4, -0.2) is 53.9 Å². The van der Waals surface area contributed by atoms with Crippen molar-refractivity contribution in [1.29, 1.82) is 0 Å². The van der Waals surface area contributed by atoms with Crippen LogP contribution in [0.4, 0.5) is 57.1 Å². The first-order chi connectivity index (χ1) is 10.4. The molecule has 0 aromatic heterocycles. The molecule has 0 fully saturated rings. The SMILES string of the molecule is O=C(F)C(F)(F)C(F)(F)C(F)(F)C(F)(F)C(F)(F)C(F)(F)S(=O)(=O)O. The Morgan fingerprint density at radius 1 is 0.640 bits per heavy atom. The summed E-state index contributed by atoms with van der Waals surface area (Å²) in [7, 11) is -7.67. The van der Waals surface area contributed by atoms with E-state index < -0.39 is 51.0 Å². The summed E-state index contributed by atoms with van der Waals surface area (Å²) in [4.78, 5) is 9.55. The number of hydrogen-bond donors (Lipinski definition) is 1. The van der Waals surface area contributed by atoms with Crippen molar-refractivity contribution in [1.82, 2.24) is 0 Å². The van der Waals surface area contributed by atoms with Gasteiger partial charge in [0, 0.05) is 0 Å². The first-order valence-corrected chi connectivity index (χ1v) is 6.32. The first-order valence-electron chi connectivity index (χ1n) is 4.88. The second-order valence-electron chi connectivity index (χ2n) is 4.14. The van der Waals surface area contributed by atoms with Gasteiger partial charge >= 0.3 is 51.0 Å². The summed E-state index contributed by atoms with van der Waals surface area (Å²) in [5.41, 5.74) is 0. The summed E-state index contributed by atoms with van der Waals surface area (Å²) >= 11 is 0. The molecule has 1 N–H and O–H groups in total. The molecule has 0 heterocycles. The van der Waals surface area contributed by atoms with E-state index in [4.69, 9.17) is 4.55 Å². The number of hydrogen-bond acceptors (Lipinski definition) is 3. The standard InChI is InChI=1S/C7HF13O4S/c8-1(21)2(9,10)3(11,12)4(13,14)5(15,16)6(17,18)7(19,20)25(22,23)24/h(H,22,23,24). The van der Waals surface area contributed by atoms with Crippen LogP contribution in [-0.2, 0) is 14.9 Å². The van der Waals surface area contributed by atoms with Crippen LogP contribution in [0.1, 0.15) is 0 Å². The fourth-order valence-electron chi connectivity index (χ4n) is 1.06. The molecule has 0 aromatic carbocycles. The first kappa shape index (κ1) is 23.7. The molecule has 0 saturated carbocycles. The van der Waals surface area contributed by atoms with Crippen molar-refractivity contribution in [2.45, 2.75) is 34.9 Å². The third-order valence-corrected chi connectivity index (χ3v) is 3.42. The summed E-state index contributed by atoms with van der Waals surface area (Å²) in [6.45, 7) is 0. The highest BCUT2D eigenvalue weighted by molar-refractivity contribution is 7.87. The molecule has 0 aliphatic heterocycles. The minimum absolute atomic E-state index is 4.72. The van der Waals surface area contributed by atoms with E-state index >= 15 is 0 Å². The number of rotatable bonds is 7. The van der Waals surface area contributed by atoms with Gasteiger partial charge in [0.1, 0.15) is 0 Å². The highest BCUT2D eigenvalue weighted by Gasteiger charge is 2.93. The van der Waals surface area contributed by atoms with Crippen molar-refractivity contribution in [3.63, 3.8) is 0 Å². The van der Waals surface area contributed by atoms with Gasteiger partial charge < -0.3 is 0 Å². The van der Waals surface area contributed by atoms with Crippen LogP contribution < -0.4 is 0 Å². The molecule has 0 atom stereocenters. The minimum Gasteiger partial charge on any atom is -0.281 e. The summed E-state index contributed by atoms with van der Waals surface area (Å²) in [6.07, 6.45) is 0. The van der Waals surface area contributed by atoms with E-state index in [1.807, 2.05) is 0 Å². The van der Waals surface area contributed by atoms with Gasteiger partial charge in [-0.05, 0) is 0 Å². The third kappa shape index (κ3) is 2.81. The monoisotopic (exact) mass is 428 g/mol. The minimum atomic E-state index is -8.35. The van der Waals surface area contributed by atoms with Crippen LogP contribution >= 0.6 is 0 Å². The molecule has 0 aliphatic rings. The van der Waals surface area contributed by atoms with E-state index in [1.54, 1.807) is 0 Å². The fourth-order valence-corrected chi connectivity index (χ4v) is 1.51. The summed E-state index contributed by atoms with van der Waals surface area (Å²) < 4.78 is 192. The Labute approximate surface area is 127 Å². The molecule has 25 heavy (non-hydrogen) atoms. The van der Waals surface area contributed by atoms with Crippen molar-refractivity contribution in [3.05, 3.63) is 0 Å². The Balaban J connectivity index is 6.65. The maximum absolute atomic E-state index is 12.9. The van der Waals surface area contributed by atoms with Crippen molar-refractivity contribution >= 4 is 16.2 Å². The molecule has 0 aliphatic carbocycles. The van der Waals surface area contributed by atoms with E-state index in [0.29, 0.717) is 0 Å². The topological polar surface area (TPSA) is 71.4 Å². The van der Waals surface area contributed by atoms with Crippen molar-refractivity contribution in [3.8, 4) is 0 Å². The lowest BCUT2D eigenvalue weighted by atomic mass is 9.94. The van der Waals surface area contributed by atoms with E-state index in [9.17, 15) is 70.3 Å². The maximum Gasteiger partial charge on any atom is 0.438 e. The van der Waals surface area contributed by atoms with Crippen LogP contribution in [0, 0.1) is 0 Å². The molecule has 0 radical (unpaired) electrons. The summed E-state index contributed by atoms with van der Waals surface area (Å²) in [5.74, 6) is -40.2. The van der Waals surface area contributed by atoms with Gasteiger partial charge in [-0.2, -0.15) is 65.5 Å². The Kier molecular flexibility index (Phi) is 5.29. The third-order valence-electron chi connectivity index (χ3n) is 2.51. The van der Waals surface area contributed by atoms with Gasteiger partial charge in [0.15, 0.2) is 0 Å². The van der Waals surface area contributed by atoms with Gasteiger partial charge in [0.25, 0.3) is 0 Å². The van der Waals surface area contributed by atoms with Gasteiger partial charge in [-0.3, -0.25) is 9.35 Å². The maximum atomic E-state index is 12.9. The van der Waals surface area contributed by atoms with Gasteiger partial charge in [-0.15, -0.1) is 0 Å². The van der Waals surface area contributed by atoms with Crippen LogP contribution in [0.25, 0.3) is 0 Å². The van der Waals surface area contributed by atoms with Crippen molar-refractivity contribution in [2.75, 3.05) is 0 Å². The Bertz CT molecular complexity index is 651. The lowest BCUT2D eigenvalue weighted by Crippen LogP contribution is -2.72. The second kappa shape index (κ2) is 5.58. The zero-order chi connectivity index (χ0) is 21.1. The zero-order valence-corrected chi connectivity index (χ0v) is 11.3. The number of carbonyl (C=O) groups is 1. The summed E-state index contributed by atoms with van der Waals surface area (Å²) in [6, 6.07) is -4.72. The van der Waals surface area contributed by atoms with Gasteiger partial charge in [0.05, 0.1) is 0 Å². The van der Waals surface area contributed by atoms with E-state index in [2.05, 4.69) is 0 Å². The molecule has 0 spiro atoms. The molecule has 150 valence electrons. The largest absolute Gasteiger partial charge is 0.438 e. The van der Waals surface area contributed by atoms with Gasteiger partial charge in [-0.25, -0.2) is 0 Å². The number of alkyl halides is 12. The lowest BCUT2D eigenvalue weighted by molar-refractivity contribution is -0.412. The summed E-state index contributed by atoms with van der Waals surface area (Å²) in [5, 5.41) is -7.59. The molecule has 0 aromatic rings. The normalized spacial score (nSPS) is 16.1. The Hall–Kier alpha value is -1.33. The van der Waals surface area contributed by atoms with E-state index in [-0.39, 0.29) is 0 Å². The molecule has 0 rings (SSSR count). The molecular formula is C7HF13O4S. The fraction of sp³-hybridized carbons (Fsp3) is 0.857. The van der Waals surface area contributed by atoms with Gasteiger partial charge in [0.2, 0.25) is 0 Å². The van der Waals surface area contributed by atoms with Crippen molar-refractivity contribution in [2.24, 2.45) is 0 Å². The average molecular weight is 428 g/mol. The van der Waals surface area contributed by atoms with Crippen LogP contribution in [0.2, 0.25) is 0 Å². The smallest absolute Gasteiger partial charge is 0.281 e. The number of carbonyl (C=O) groups excluding carboxylic acids is 1. The van der Waals surface area contributed by atoms with Crippen molar-refractivity contribution < 1.29 is 74.8 Å². The molecule has 0 saturated heterocycles. The highest BCUT2D eigenvalue weighted by atomic mass is 32.2. The predicted molar refractivity (Wildman–Crippen MR) is 47.3 cm³/mol. The van der Waals surface area contributed by atoms with Crippen LogP contribution in [0.15, 0.2) is 0 Å². The van der Waals surface area contributed by atoms with Gasteiger partial charge in [-0.1, -0.05) is 0 Å². The molecule has 0 bridgehead atoms. The molecule has 18 heteroatoms. The lowest BCUT2D eigenvalue weighted by Gasteiger charge is -2.39. The molecule has 4 nitrogen and oxygen atoms in total. The van der Waals surface area contributed by atoms with Crippen LogP contribution in [0.3, 0.4) is 0 Å². The van der Waals surface area contributed by atoms with E-state index in [0.717, 1.165) is 0 Å². The molecular weight excluding hydrogens is 427 g/mol. The molecule has 0 amide bonds. The zero-order valence-electron chi connectivity index (χ0n) is 10.5. The Morgan fingerprint density at radius 3 is 1.16 bits per heavy atom. The predicted octanol–water partition coefficient (Wildman–Crippen LogP) is 3.14. The number of halogens is 13. The second-order valence-corrected chi connectivity index (χ2v) is 5.60. The molecule has 0 unspecified atom stereocenters. The quantitative estimate of drug-likeness (QED) is 0.385. The van der Waals surface area contributed by atoms with E-state index in [1.165, 1.54) is 0 Å². The highest BCUT2D eigenvalue weighted by Crippen LogP contribution is 2.60. The average Bonchev–Trinajstić information content (AvgIpc) is 2.35. The Morgan fingerprint density at radius 2 is 0.920 bits per heavy atom.